The molecule has 1 aromatic heterocycles. The molecular weight excluding hydrogens is 234 g/mol. The lowest BCUT2D eigenvalue weighted by Gasteiger charge is -2.07. The molecule has 1 aromatic carbocycles. The fourth-order valence-corrected chi connectivity index (χ4v) is 3.25. The highest BCUT2D eigenvalue weighted by molar-refractivity contribution is 7.99. The molecule has 0 atom stereocenters. The summed E-state index contributed by atoms with van der Waals surface area (Å²) < 4.78 is 0. The largest absolute Gasteiger partial charge is 0.398 e. The number of rotatable bonds is 4. The molecule has 0 amide bonds. The molecule has 2 rings (SSSR count). The van der Waals surface area contributed by atoms with Gasteiger partial charge in [0.05, 0.1) is 0 Å². The summed E-state index contributed by atoms with van der Waals surface area (Å²) in [5.74, 6) is 1.09. The van der Waals surface area contributed by atoms with Gasteiger partial charge in [-0.1, -0.05) is 12.1 Å². The predicted molar refractivity (Wildman–Crippen MR) is 74.3 cm³/mol. The Morgan fingerprint density at radius 2 is 2.19 bits per heavy atom. The zero-order valence-corrected chi connectivity index (χ0v) is 10.9. The number of nitrogen functional groups attached to an aromatic ring is 1. The van der Waals surface area contributed by atoms with Crippen LogP contribution in [0.15, 0.2) is 39.9 Å². The van der Waals surface area contributed by atoms with Crippen molar-refractivity contribution in [1.29, 1.82) is 0 Å². The minimum absolute atomic E-state index is 0.929. The van der Waals surface area contributed by atoms with E-state index in [-0.39, 0.29) is 0 Å². The number of benzene rings is 1. The highest BCUT2D eigenvalue weighted by atomic mass is 32.2. The Balaban J connectivity index is 1.92. The monoisotopic (exact) mass is 249 g/mol. The molecule has 0 radical (unpaired) electrons. The molecule has 0 fully saturated rings. The molecule has 2 aromatic rings. The van der Waals surface area contributed by atoms with Gasteiger partial charge in [0.25, 0.3) is 0 Å². The first-order chi connectivity index (χ1) is 7.77. The van der Waals surface area contributed by atoms with Crippen LogP contribution in [0.4, 0.5) is 5.69 Å². The van der Waals surface area contributed by atoms with Crippen molar-refractivity contribution in [3.8, 4) is 0 Å². The van der Waals surface area contributed by atoms with Gasteiger partial charge in [0.1, 0.15) is 0 Å². The van der Waals surface area contributed by atoms with Crippen LogP contribution >= 0.6 is 23.1 Å². The van der Waals surface area contributed by atoms with Gasteiger partial charge in [0.15, 0.2) is 0 Å². The fourth-order valence-electron chi connectivity index (χ4n) is 1.49. The molecule has 0 bridgehead atoms. The van der Waals surface area contributed by atoms with Crippen molar-refractivity contribution in [2.24, 2.45) is 0 Å². The molecule has 1 nitrogen and oxygen atoms in total. The standard InChI is InChI=1S/C13H15NS2/c1-10-3-2-4-12(13(10)14)16-8-6-11-5-7-15-9-11/h2-5,7,9H,6,8,14H2,1H3. The number of anilines is 1. The first-order valence-corrected chi connectivity index (χ1v) is 7.19. The Hall–Kier alpha value is -0.930. The SMILES string of the molecule is Cc1cccc(SCCc2ccsc2)c1N. The highest BCUT2D eigenvalue weighted by Gasteiger charge is 2.02. The highest BCUT2D eigenvalue weighted by Crippen LogP contribution is 2.28. The third kappa shape index (κ3) is 2.80. The number of thiophene rings is 1. The Bertz CT molecular complexity index is 449. The van der Waals surface area contributed by atoms with Crippen LogP contribution in [-0.2, 0) is 6.42 Å². The second kappa shape index (κ2) is 5.41. The molecular formula is C13H15NS2. The van der Waals surface area contributed by atoms with Crippen molar-refractivity contribution in [2.45, 2.75) is 18.2 Å². The lowest BCUT2D eigenvalue weighted by molar-refractivity contribution is 1.17. The number of hydrogen-bond donors (Lipinski definition) is 1. The number of para-hydroxylation sites is 1. The van der Waals surface area contributed by atoms with Gasteiger partial charge in [0.2, 0.25) is 0 Å². The molecule has 16 heavy (non-hydrogen) atoms. The first-order valence-electron chi connectivity index (χ1n) is 5.26. The van der Waals surface area contributed by atoms with Crippen LogP contribution < -0.4 is 5.73 Å². The van der Waals surface area contributed by atoms with Crippen molar-refractivity contribution in [2.75, 3.05) is 11.5 Å². The smallest absolute Gasteiger partial charge is 0.0481 e. The average Bonchev–Trinajstić information content (AvgIpc) is 2.77. The molecule has 0 aliphatic carbocycles. The van der Waals surface area contributed by atoms with Gasteiger partial charge in [0, 0.05) is 16.3 Å². The van der Waals surface area contributed by atoms with Crippen LogP contribution in [0.25, 0.3) is 0 Å². The van der Waals surface area contributed by atoms with E-state index in [1.54, 1.807) is 11.3 Å². The van der Waals surface area contributed by atoms with Crippen molar-refractivity contribution < 1.29 is 0 Å². The molecule has 0 spiro atoms. The van der Waals surface area contributed by atoms with Gasteiger partial charge in [-0.25, -0.2) is 0 Å². The van der Waals surface area contributed by atoms with Crippen molar-refractivity contribution in [1.82, 2.24) is 0 Å². The zero-order valence-electron chi connectivity index (χ0n) is 9.27. The molecule has 0 aliphatic rings. The topological polar surface area (TPSA) is 26.0 Å². The van der Waals surface area contributed by atoms with E-state index in [1.807, 2.05) is 11.8 Å². The Morgan fingerprint density at radius 1 is 1.31 bits per heavy atom. The molecule has 0 aliphatic heterocycles. The Kier molecular flexibility index (Phi) is 3.91. The second-order valence-electron chi connectivity index (χ2n) is 3.72. The van der Waals surface area contributed by atoms with E-state index in [9.17, 15) is 0 Å². The normalized spacial score (nSPS) is 10.6. The number of hydrogen-bond acceptors (Lipinski definition) is 3. The third-order valence-corrected chi connectivity index (χ3v) is 4.32. The Morgan fingerprint density at radius 3 is 2.94 bits per heavy atom. The fraction of sp³-hybridized carbons (Fsp3) is 0.231. The van der Waals surface area contributed by atoms with Gasteiger partial charge >= 0.3 is 0 Å². The molecule has 84 valence electrons. The van der Waals surface area contributed by atoms with Crippen molar-refractivity contribution in [3.63, 3.8) is 0 Å². The van der Waals surface area contributed by atoms with Crippen molar-refractivity contribution >= 4 is 28.8 Å². The molecule has 2 N–H and O–H groups in total. The van der Waals surface area contributed by atoms with Gasteiger partial charge in [-0.3, -0.25) is 0 Å². The van der Waals surface area contributed by atoms with Gasteiger partial charge in [-0.2, -0.15) is 11.3 Å². The summed E-state index contributed by atoms with van der Waals surface area (Å²) in [4.78, 5) is 1.20. The Labute approximate surface area is 105 Å². The van der Waals surface area contributed by atoms with E-state index >= 15 is 0 Å². The molecule has 0 unspecified atom stereocenters. The maximum absolute atomic E-state index is 6.02. The lowest BCUT2D eigenvalue weighted by Crippen LogP contribution is -1.93. The maximum atomic E-state index is 6.02. The first kappa shape index (κ1) is 11.6. The summed E-state index contributed by atoms with van der Waals surface area (Å²) in [6, 6.07) is 8.41. The summed E-state index contributed by atoms with van der Waals surface area (Å²) in [5, 5.41) is 4.33. The van der Waals surface area contributed by atoms with Crippen LogP contribution in [0.1, 0.15) is 11.1 Å². The maximum Gasteiger partial charge on any atom is 0.0481 e. The minimum Gasteiger partial charge on any atom is -0.398 e. The second-order valence-corrected chi connectivity index (χ2v) is 5.63. The van der Waals surface area contributed by atoms with Crippen LogP contribution in [0, 0.1) is 6.92 Å². The summed E-state index contributed by atoms with van der Waals surface area (Å²) >= 11 is 3.60. The lowest BCUT2D eigenvalue weighted by atomic mass is 10.2. The predicted octanol–water partition coefficient (Wildman–Crippen LogP) is 3.97. The minimum atomic E-state index is 0.929. The van der Waals surface area contributed by atoms with E-state index in [0.717, 1.165) is 17.9 Å². The number of aryl methyl sites for hydroxylation is 2. The summed E-state index contributed by atoms with van der Waals surface area (Å²) in [5.41, 5.74) is 9.54. The molecule has 1 heterocycles. The molecule has 0 saturated carbocycles. The average molecular weight is 249 g/mol. The van der Waals surface area contributed by atoms with Crippen LogP contribution in [-0.4, -0.2) is 5.75 Å². The van der Waals surface area contributed by atoms with Crippen LogP contribution in [0.5, 0.6) is 0 Å². The summed E-state index contributed by atoms with van der Waals surface area (Å²) in [6.07, 6.45) is 1.11. The van der Waals surface area contributed by atoms with E-state index in [4.69, 9.17) is 5.73 Å². The van der Waals surface area contributed by atoms with Crippen LogP contribution in [0.2, 0.25) is 0 Å². The third-order valence-electron chi connectivity index (χ3n) is 2.51. The van der Waals surface area contributed by atoms with E-state index < -0.39 is 0 Å². The van der Waals surface area contributed by atoms with E-state index in [1.165, 1.54) is 16.0 Å². The van der Waals surface area contributed by atoms with E-state index in [0.29, 0.717) is 0 Å². The number of thioether (sulfide) groups is 1. The number of nitrogens with two attached hydrogens (primary N) is 1. The quantitative estimate of drug-likeness (QED) is 0.655. The van der Waals surface area contributed by atoms with Crippen molar-refractivity contribution in [3.05, 3.63) is 46.2 Å². The van der Waals surface area contributed by atoms with Gasteiger partial charge < -0.3 is 5.73 Å². The summed E-state index contributed by atoms with van der Waals surface area (Å²) in [6.45, 7) is 2.05. The zero-order chi connectivity index (χ0) is 11.4. The van der Waals surface area contributed by atoms with Gasteiger partial charge in [-0.15, -0.1) is 11.8 Å². The van der Waals surface area contributed by atoms with Gasteiger partial charge in [-0.05, 0) is 47.4 Å². The molecule has 0 saturated heterocycles. The molecule has 3 heteroatoms. The van der Waals surface area contributed by atoms with Crippen LogP contribution in [0.3, 0.4) is 0 Å². The van der Waals surface area contributed by atoms with E-state index in [2.05, 4.69) is 41.9 Å². The summed E-state index contributed by atoms with van der Waals surface area (Å²) in [7, 11) is 0.